The third-order valence-electron chi connectivity index (χ3n) is 3.83. The first-order chi connectivity index (χ1) is 10.6. The fraction of sp³-hybridized carbons (Fsp3) is 0.562. The molecule has 2 rings (SSSR count). The Morgan fingerprint density at radius 2 is 2.23 bits per heavy atom. The molecule has 6 heteroatoms. The van der Waals surface area contributed by atoms with Gasteiger partial charge in [0.15, 0.2) is 0 Å². The quantitative estimate of drug-likeness (QED) is 0.752. The van der Waals surface area contributed by atoms with E-state index in [9.17, 15) is 9.90 Å². The number of amides is 2. The number of halogens is 1. The molecule has 1 saturated carbocycles. The number of hydrogen-bond donors (Lipinski definition) is 3. The molecule has 1 aromatic rings. The molecule has 1 aliphatic rings. The topological polar surface area (TPSA) is 70.6 Å². The monoisotopic (exact) mass is 326 g/mol. The van der Waals surface area contributed by atoms with Gasteiger partial charge in [-0.1, -0.05) is 17.7 Å². The highest BCUT2D eigenvalue weighted by atomic mass is 35.5. The minimum Gasteiger partial charge on any atom is -0.493 e. The number of carbonyl (C=O) groups is 1. The molecular weight excluding hydrogens is 304 g/mol. The van der Waals surface area contributed by atoms with Gasteiger partial charge in [-0.3, -0.25) is 0 Å². The molecule has 22 heavy (non-hydrogen) atoms. The summed E-state index contributed by atoms with van der Waals surface area (Å²) in [5, 5.41) is 15.7. The second kappa shape index (κ2) is 8.25. The van der Waals surface area contributed by atoms with Gasteiger partial charge in [-0.25, -0.2) is 4.79 Å². The molecular formula is C16H23ClN2O3. The van der Waals surface area contributed by atoms with Crippen LogP contribution in [0.2, 0.25) is 5.02 Å². The standard InChI is InChI=1S/C16H23ClN2O3/c1-2-22-15-8-13(17)5-4-12(15)10-19-16(21)18-9-11-3-6-14(20)7-11/h4-5,8,11,14,20H,2-3,6-7,9-10H2,1H3,(H2,18,19,21). The SMILES string of the molecule is CCOc1cc(Cl)ccc1CNC(=O)NCC1CCC(O)C1. The zero-order chi connectivity index (χ0) is 15.9. The van der Waals surface area contributed by atoms with E-state index in [2.05, 4.69) is 10.6 Å². The summed E-state index contributed by atoms with van der Waals surface area (Å²) in [5.41, 5.74) is 0.887. The number of benzene rings is 1. The smallest absolute Gasteiger partial charge is 0.315 e. The fourth-order valence-electron chi connectivity index (χ4n) is 2.67. The van der Waals surface area contributed by atoms with E-state index in [1.807, 2.05) is 13.0 Å². The van der Waals surface area contributed by atoms with E-state index < -0.39 is 0 Å². The predicted octanol–water partition coefficient (Wildman–Crippen LogP) is 2.70. The van der Waals surface area contributed by atoms with Crippen LogP contribution in [-0.2, 0) is 6.54 Å². The van der Waals surface area contributed by atoms with Gasteiger partial charge in [0.25, 0.3) is 0 Å². The van der Waals surface area contributed by atoms with Gasteiger partial charge < -0.3 is 20.5 Å². The second-order valence-corrected chi connectivity index (χ2v) is 6.02. The van der Waals surface area contributed by atoms with Crippen molar-refractivity contribution >= 4 is 17.6 Å². The molecule has 0 radical (unpaired) electrons. The van der Waals surface area contributed by atoms with Gasteiger partial charge in [0.05, 0.1) is 12.7 Å². The Balaban J connectivity index is 1.78. The summed E-state index contributed by atoms with van der Waals surface area (Å²) < 4.78 is 5.52. The zero-order valence-electron chi connectivity index (χ0n) is 12.8. The molecule has 0 bridgehead atoms. The third-order valence-corrected chi connectivity index (χ3v) is 4.07. The minimum absolute atomic E-state index is 0.209. The highest BCUT2D eigenvalue weighted by Crippen LogP contribution is 2.25. The van der Waals surface area contributed by atoms with Crippen LogP contribution in [0.1, 0.15) is 31.7 Å². The Bertz CT molecular complexity index is 510. The highest BCUT2D eigenvalue weighted by molar-refractivity contribution is 6.30. The largest absolute Gasteiger partial charge is 0.493 e. The van der Waals surface area contributed by atoms with Gasteiger partial charge in [0.2, 0.25) is 0 Å². The van der Waals surface area contributed by atoms with E-state index in [1.165, 1.54) is 0 Å². The number of carbonyl (C=O) groups excluding carboxylic acids is 1. The molecule has 2 atom stereocenters. The molecule has 0 aliphatic heterocycles. The lowest BCUT2D eigenvalue weighted by Crippen LogP contribution is -2.37. The maximum atomic E-state index is 11.8. The molecule has 1 fully saturated rings. The van der Waals surface area contributed by atoms with Crippen molar-refractivity contribution in [2.75, 3.05) is 13.2 Å². The first kappa shape index (κ1) is 16.9. The van der Waals surface area contributed by atoms with Crippen LogP contribution in [0.25, 0.3) is 0 Å². The number of rotatable bonds is 6. The third kappa shape index (κ3) is 5.07. The Kier molecular flexibility index (Phi) is 6.34. The molecule has 2 unspecified atom stereocenters. The molecule has 3 N–H and O–H groups in total. The summed E-state index contributed by atoms with van der Waals surface area (Å²) in [4.78, 5) is 11.8. The summed E-state index contributed by atoms with van der Waals surface area (Å²) in [6.07, 6.45) is 2.35. The van der Waals surface area contributed by atoms with Crippen LogP contribution in [-0.4, -0.2) is 30.4 Å². The van der Waals surface area contributed by atoms with Gasteiger partial charge in [0.1, 0.15) is 5.75 Å². The predicted molar refractivity (Wildman–Crippen MR) is 86.2 cm³/mol. The fourth-order valence-corrected chi connectivity index (χ4v) is 2.84. The van der Waals surface area contributed by atoms with Crippen LogP contribution in [0.15, 0.2) is 18.2 Å². The summed E-state index contributed by atoms with van der Waals surface area (Å²) >= 11 is 5.95. The summed E-state index contributed by atoms with van der Waals surface area (Å²) in [6.45, 7) is 3.43. The molecule has 0 aromatic heterocycles. The average Bonchev–Trinajstić information content (AvgIpc) is 2.90. The van der Waals surface area contributed by atoms with Crippen LogP contribution in [0.3, 0.4) is 0 Å². The average molecular weight is 327 g/mol. The van der Waals surface area contributed by atoms with Crippen molar-refractivity contribution in [3.63, 3.8) is 0 Å². The molecule has 1 aromatic carbocycles. The van der Waals surface area contributed by atoms with E-state index in [0.29, 0.717) is 36.4 Å². The summed E-state index contributed by atoms with van der Waals surface area (Å²) in [7, 11) is 0. The maximum Gasteiger partial charge on any atom is 0.315 e. The maximum absolute atomic E-state index is 11.8. The number of hydrogen-bond acceptors (Lipinski definition) is 3. The van der Waals surface area contributed by atoms with Gasteiger partial charge >= 0.3 is 6.03 Å². The van der Waals surface area contributed by atoms with E-state index in [0.717, 1.165) is 24.8 Å². The van der Waals surface area contributed by atoms with Crippen LogP contribution in [0.5, 0.6) is 5.75 Å². The Morgan fingerprint density at radius 3 is 2.91 bits per heavy atom. The number of aliphatic hydroxyl groups excluding tert-OH is 1. The van der Waals surface area contributed by atoms with Crippen molar-refractivity contribution in [2.24, 2.45) is 5.92 Å². The molecule has 5 nitrogen and oxygen atoms in total. The Labute approximate surface area is 136 Å². The van der Waals surface area contributed by atoms with E-state index in [4.69, 9.17) is 16.3 Å². The van der Waals surface area contributed by atoms with Crippen molar-refractivity contribution in [3.05, 3.63) is 28.8 Å². The lowest BCUT2D eigenvalue weighted by atomic mass is 10.1. The van der Waals surface area contributed by atoms with Crippen molar-refractivity contribution in [2.45, 2.75) is 38.8 Å². The van der Waals surface area contributed by atoms with Gasteiger partial charge in [0, 0.05) is 23.7 Å². The molecule has 2 amide bonds. The number of urea groups is 1. The van der Waals surface area contributed by atoms with Crippen LogP contribution in [0, 0.1) is 5.92 Å². The Hall–Kier alpha value is -1.46. The van der Waals surface area contributed by atoms with Crippen LogP contribution >= 0.6 is 11.6 Å². The lowest BCUT2D eigenvalue weighted by molar-refractivity contribution is 0.177. The highest BCUT2D eigenvalue weighted by Gasteiger charge is 2.22. The first-order valence-corrected chi connectivity index (χ1v) is 8.07. The second-order valence-electron chi connectivity index (χ2n) is 5.58. The molecule has 0 heterocycles. The lowest BCUT2D eigenvalue weighted by Gasteiger charge is -2.14. The van der Waals surface area contributed by atoms with Crippen LogP contribution < -0.4 is 15.4 Å². The Morgan fingerprint density at radius 1 is 1.41 bits per heavy atom. The van der Waals surface area contributed by atoms with E-state index in [-0.39, 0.29) is 12.1 Å². The van der Waals surface area contributed by atoms with E-state index >= 15 is 0 Å². The van der Waals surface area contributed by atoms with E-state index in [1.54, 1.807) is 12.1 Å². The first-order valence-electron chi connectivity index (χ1n) is 7.69. The van der Waals surface area contributed by atoms with Gasteiger partial charge in [-0.15, -0.1) is 0 Å². The molecule has 0 spiro atoms. The number of nitrogens with one attached hydrogen (secondary N) is 2. The minimum atomic E-state index is -0.210. The number of ether oxygens (including phenoxy) is 1. The van der Waals surface area contributed by atoms with Crippen molar-refractivity contribution < 1.29 is 14.6 Å². The normalized spacial score (nSPS) is 20.7. The van der Waals surface area contributed by atoms with Crippen molar-refractivity contribution in [1.82, 2.24) is 10.6 Å². The van der Waals surface area contributed by atoms with Crippen LogP contribution in [0.4, 0.5) is 4.79 Å². The molecule has 122 valence electrons. The van der Waals surface area contributed by atoms with Crippen molar-refractivity contribution in [1.29, 1.82) is 0 Å². The van der Waals surface area contributed by atoms with Crippen molar-refractivity contribution in [3.8, 4) is 5.75 Å². The summed E-state index contributed by atoms with van der Waals surface area (Å²) in [6, 6.07) is 5.17. The molecule has 1 aliphatic carbocycles. The zero-order valence-corrected chi connectivity index (χ0v) is 13.5. The number of aliphatic hydroxyl groups is 1. The van der Waals surface area contributed by atoms with Gasteiger partial charge in [-0.2, -0.15) is 0 Å². The van der Waals surface area contributed by atoms with Gasteiger partial charge in [-0.05, 0) is 44.2 Å². The molecule has 0 saturated heterocycles. The summed E-state index contributed by atoms with van der Waals surface area (Å²) in [5.74, 6) is 1.06.